The zero-order valence-electron chi connectivity index (χ0n) is 16.8. The Morgan fingerprint density at radius 1 is 1.10 bits per heavy atom. The van der Waals surface area contributed by atoms with Crippen molar-refractivity contribution in [1.82, 2.24) is 26.6 Å². The first-order valence-electron chi connectivity index (χ1n) is 10.6. The summed E-state index contributed by atoms with van der Waals surface area (Å²) in [6.45, 7) is 2.86. The standard InChI is InChI=1S/C23H27N5OS/c29-22(27-11-15-6-8-24-9-7-15)23-28-20(14-30-23)19-13-26-21-18(19)10-17(12-25-21)16-4-2-1-3-5-16/h1-5,10,12-15,21,23-26,28H,6-9,11H2,(H,27,29). The van der Waals surface area contributed by atoms with E-state index in [0.29, 0.717) is 5.92 Å². The summed E-state index contributed by atoms with van der Waals surface area (Å²) in [4.78, 5) is 12.7. The molecular weight excluding hydrogens is 394 g/mol. The third kappa shape index (κ3) is 4.00. The van der Waals surface area contributed by atoms with Crippen molar-refractivity contribution in [1.29, 1.82) is 0 Å². The van der Waals surface area contributed by atoms with Crippen molar-refractivity contribution < 1.29 is 4.79 Å². The fraction of sp³-hybridized carbons (Fsp3) is 0.348. The zero-order valence-corrected chi connectivity index (χ0v) is 17.6. The van der Waals surface area contributed by atoms with Crippen molar-refractivity contribution in [3.63, 3.8) is 0 Å². The molecule has 0 aliphatic carbocycles. The molecule has 4 aliphatic rings. The number of amides is 1. The molecule has 0 saturated carbocycles. The number of rotatable bonds is 5. The number of carbonyl (C=O) groups is 1. The minimum Gasteiger partial charge on any atom is -0.367 e. The minimum absolute atomic E-state index is 0.0629. The molecule has 2 unspecified atom stereocenters. The van der Waals surface area contributed by atoms with Gasteiger partial charge in [0.25, 0.3) is 5.91 Å². The van der Waals surface area contributed by atoms with Crippen LogP contribution in [0.3, 0.4) is 0 Å². The molecule has 4 heterocycles. The Morgan fingerprint density at radius 2 is 1.90 bits per heavy atom. The maximum Gasteiger partial charge on any atom is 0.253 e. The summed E-state index contributed by atoms with van der Waals surface area (Å²) in [5, 5.41) is 18.5. The molecule has 1 amide bonds. The first kappa shape index (κ1) is 19.3. The summed E-state index contributed by atoms with van der Waals surface area (Å²) >= 11 is 1.54. The van der Waals surface area contributed by atoms with E-state index in [9.17, 15) is 4.79 Å². The molecule has 1 aromatic carbocycles. The van der Waals surface area contributed by atoms with E-state index in [4.69, 9.17) is 0 Å². The Hall–Kier alpha value is -2.64. The van der Waals surface area contributed by atoms with Gasteiger partial charge in [-0.05, 0) is 54.5 Å². The predicted octanol–water partition coefficient (Wildman–Crippen LogP) is 1.99. The van der Waals surface area contributed by atoms with E-state index >= 15 is 0 Å². The molecule has 1 fully saturated rings. The summed E-state index contributed by atoms with van der Waals surface area (Å²) in [7, 11) is 0. The van der Waals surface area contributed by atoms with Crippen molar-refractivity contribution in [3.05, 3.63) is 76.6 Å². The van der Waals surface area contributed by atoms with Crippen LogP contribution in [0.2, 0.25) is 0 Å². The van der Waals surface area contributed by atoms with Crippen molar-refractivity contribution >= 4 is 23.2 Å². The summed E-state index contributed by atoms with van der Waals surface area (Å²) in [6.07, 6.45) is 8.63. The number of allylic oxidation sites excluding steroid dienone is 3. The number of hydrogen-bond acceptors (Lipinski definition) is 6. The number of piperidine rings is 1. The first-order valence-corrected chi connectivity index (χ1v) is 11.5. The van der Waals surface area contributed by atoms with Gasteiger partial charge in [-0.25, -0.2) is 0 Å². The molecular formula is C23H27N5OS. The average molecular weight is 422 g/mol. The van der Waals surface area contributed by atoms with Crippen LogP contribution < -0.4 is 26.6 Å². The second kappa shape index (κ2) is 8.62. The Morgan fingerprint density at radius 3 is 2.73 bits per heavy atom. The maximum absolute atomic E-state index is 12.7. The molecule has 6 nitrogen and oxygen atoms in total. The molecule has 0 aromatic heterocycles. The molecule has 0 spiro atoms. The number of dihydropyridines is 1. The van der Waals surface area contributed by atoms with Crippen LogP contribution >= 0.6 is 11.8 Å². The molecule has 5 N–H and O–H groups in total. The van der Waals surface area contributed by atoms with Crippen LogP contribution in [0.5, 0.6) is 0 Å². The van der Waals surface area contributed by atoms with Gasteiger partial charge in [-0.1, -0.05) is 42.1 Å². The molecule has 156 valence electrons. The largest absolute Gasteiger partial charge is 0.367 e. The van der Waals surface area contributed by atoms with E-state index in [1.807, 2.05) is 12.3 Å². The molecule has 1 aromatic rings. The molecule has 0 radical (unpaired) electrons. The van der Waals surface area contributed by atoms with Gasteiger partial charge in [0.2, 0.25) is 0 Å². The second-order valence-corrected chi connectivity index (χ2v) is 9.00. The fourth-order valence-corrected chi connectivity index (χ4v) is 5.11. The van der Waals surface area contributed by atoms with Crippen LogP contribution in [0.15, 0.2) is 71.1 Å². The molecule has 5 rings (SSSR count). The summed E-state index contributed by atoms with van der Waals surface area (Å²) in [6, 6.07) is 10.4. The highest BCUT2D eigenvalue weighted by Crippen LogP contribution is 2.35. The van der Waals surface area contributed by atoms with Crippen molar-refractivity contribution in [3.8, 4) is 0 Å². The lowest BCUT2D eigenvalue weighted by Gasteiger charge is -2.24. The van der Waals surface area contributed by atoms with E-state index in [-0.39, 0.29) is 17.4 Å². The quantitative estimate of drug-likeness (QED) is 0.501. The van der Waals surface area contributed by atoms with E-state index in [2.05, 4.69) is 68.5 Å². The third-order valence-corrected chi connectivity index (χ3v) is 6.98. The van der Waals surface area contributed by atoms with Crippen LogP contribution in [0.25, 0.3) is 5.57 Å². The monoisotopic (exact) mass is 421 g/mol. The van der Waals surface area contributed by atoms with Gasteiger partial charge in [0.15, 0.2) is 5.37 Å². The van der Waals surface area contributed by atoms with E-state index in [1.165, 1.54) is 11.1 Å². The van der Waals surface area contributed by atoms with E-state index < -0.39 is 0 Å². The van der Waals surface area contributed by atoms with E-state index in [1.54, 1.807) is 11.8 Å². The van der Waals surface area contributed by atoms with Gasteiger partial charge in [-0.15, -0.1) is 0 Å². The summed E-state index contributed by atoms with van der Waals surface area (Å²) in [5.41, 5.74) is 5.63. The van der Waals surface area contributed by atoms with Crippen LogP contribution in [0.4, 0.5) is 0 Å². The SMILES string of the molecule is O=C(NCC1CCNCC1)C1NC(C2=CNC3NC=C(c4ccccc4)C=C23)=CS1. The molecule has 7 heteroatoms. The van der Waals surface area contributed by atoms with Gasteiger partial charge in [-0.3, -0.25) is 4.79 Å². The molecule has 30 heavy (non-hydrogen) atoms. The topological polar surface area (TPSA) is 77.2 Å². The van der Waals surface area contributed by atoms with Crippen molar-refractivity contribution in [2.24, 2.45) is 5.92 Å². The van der Waals surface area contributed by atoms with Crippen LogP contribution in [0.1, 0.15) is 18.4 Å². The van der Waals surface area contributed by atoms with Crippen LogP contribution in [-0.2, 0) is 4.79 Å². The molecule has 0 bridgehead atoms. The maximum atomic E-state index is 12.7. The van der Waals surface area contributed by atoms with Gasteiger partial charge in [0, 0.05) is 30.1 Å². The number of hydrogen-bond donors (Lipinski definition) is 5. The zero-order chi connectivity index (χ0) is 20.3. The smallest absolute Gasteiger partial charge is 0.253 e. The minimum atomic E-state index is -0.275. The second-order valence-electron chi connectivity index (χ2n) is 8.02. The van der Waals surface area contributed by atoms with Crippen molar-refractivity contribution in [2.75, 3.05) is 19.6 Å². The number of fused-ring (bicyclic) bond motifs is 1. The Labute approximate surface area is 181 Å². The van der Waals surface area contributed by atoms with Crippen molar-refractivity contribution in [2.45, 2.75) is 24.4 Å². The lowest BCUT2D eigenvalue weighted by molar-refractivity contribution is -0.121. The number of benzene rings is 1. The van der Waals surface area contributed by atoms with Gasteiger partial charge < -0.3 is 26.6 Å². The Kier molecular flexibility index (Phi) is 5.55. The van der Waals surface area contributed by atoms with E-state index in [0.717, 1.165) is 49.3 Å². The number of thioether (sulfide) groups is 1. The first-order chi connectivity index (χ1) is 14.8. The average Bonchev–Trinajstić information content (AvgIpc) is 3.45. The number of carbonyl (C=O) groups excluding carboxylic acids is 1. The van der Waals surface area contributed by atoms with Gasteiger partial charge >= 0.3 is 0 Å². The van der Waals surface area contributed by atoms with Gasteiger partial charge in [0.05, 0.1) is 5.70 Å². The van der Waals surface area contributed by atoms with Crippen LogP contribution in [0, 0.1) is 5.92 Å². The van der Waals surface area contributed by atoms with Gasteiger partial charge in [-0.2, -0.15) is 0 Å². The normalized spacial score (nSPS) is 25.6. The Balaban J connectivity index is 1.22. The highest BCUT2D eigenvalue weighted by molar-refractivity contribution is 8.03. The lowest BCUT2D eigenvalue weighted by atomic mass is 9.96. The highest BCUT2D eigenvalue weighted by Gasteiger charge is 2.32. The molecule has 2 atom stereocenters. The predicted molar refractivity (Wildman–Crippen MR) is 122 cm³/mol. The third-order valence-electron chi connectivity index (χ3n) is 6.00. The summed E-state index contributed by atoms with van der Waals surface area (Å²) in [5.74, 6) is 0.645. The lowest BCUT2D eigenvalue weighted by Crippen LogP contribution is -2.43. The fourth-order valence-electron chi connectivity index (χ4n) is 4.24. The highest BCUT2D eigenvalue weighted by atomic mass is 32.2. The molecule has 4 aliphatic heterocycles. The number of nitrogens with one attached hydrogen (secondary N) is 5. The molecule has 1 saturated heterocycles. The Bertz CT molecular complexity index is 930. The van der Waals surface area contributed by atoms with Crippen LogP contribution in [-0.4, -0.2) is 37.1 Å². The summed E-state index contributed by atoms with van der Waals surface area (Å²) < 4.78 is 0. The van der Waals surface area contributed by atoms with Gasteiger partial charge in [0.1, 0.15) is 6.17 Å².